The molecular formula is C15H20N2OS. The largest absolute Gasteiger partial charge is 0.378 e. The van der Waals surface area contributed by atoms with Crippen LogP contribution in [-0.4, -0.2) is 31.0 Å². The first-order valence-corrected chi connectivity index (χ1v) is 7.91. The van der Waals surface area contributed by atoms with Gasteiger partial charge in [0.05, 0.1) is 17.9 Å². The van der Waals surface area contributed by atoms with Crippen molar-refractivity contribution in [3.8, 4) is 0 Å². The first-order chi connectivity index (χ1) is 9.42. The predicted octanol–water partition coefficient (Wildman–Crippen LogP) is 2.99. The Morgan fingerprint density at radius 1 is 1.32 bits per heavy atom. The van der Waals surface area contributed by atoms with E-state index < -0.39 is 0 Å². The molecule has 0 aromatic heterocycles. The lowest BCUT2D eigenvalue weighted by Gasteiger charge is -2.11. The number of rotatable bonds is 4. The lowest BCUT2D eigenvalue weighted by Crippen LogP contribution is -2.23. The Hall–Kier alpha value is -1.00. The van der Waals surface area contributed by atoms with Gasteiger partial charge in [-0.2, -0.15) is 0 Å². The van der Waals surface area contributed by atoms with Crippen LogP contribution in [-0.2, 0) is 4.74 Å². The van der Waals surface area contributed by atoms with Gasteiger partial charge in [-0.1, -0.05) is 42.1 Å². The maximum Gasteiger partial charge on any atom is 0.157 e. The molecule has 1 saturated heterocycles. The Morgan fingerprint density at radius 3 is 3.00 bits per heavy atom. The van der Waals surface area contributed by atoms with E-state index in [0.717, 1.165) is 31.3 Å². The topological polar surface area (TPSA) is 33.6 Å². The fourth-order valence-electron chi connectivity index (χ4n) is 2.53. The van der Waals surface area contributed by atoms with Crippen LogP contribution in [0, 0.1) is 0 Å². The third-order valence-electron chi connectivity index (χ3n) is 3.59. The van der Waals surface area contributed by atoms with Crippen molar-refractivity contribution in [1.29, 1.82) is 0 Å². The highest BCUT2D eigenvalue weighted by molar-refractivity contribution is 8.14. The molecule has 1 N–H and O–H groups in total. The van der Waals surface area contributed by atoms with E-state index in [1.165, 1.54) is 18.4 Å². The van der Waals surface area contributed by atoms with E-state index >= 15 is 0 Å². The molecule has 102 valence electrons. The summed E-state index contributed by atoms with van der Waals surface area (Å²) < 4.78 is 5.62. The number of benzene rings is 1. The number of hydrogen-bond donors (Lipinski definition) is 1. The Bertz CT molecular complexity index is 429. The summed E-state index contributed by atoms with van der Waals surface area (Å²) >= 11 is 1.84. The van der Waals surface area contributed by atoms with E-state index in [2.05, 4.69) is 40.6 Å². The van der Waals surface area contributed by atoms with E-state index in [9.17, 15) is 0 Å². The van der Waals surface area contributed by atoms with Gasteiger partial charge in [-0.15, -0.1) is 0 Å². The molecular weight excluding hydrogens is 256 g/mol. The van der Waals surface area contributed by atoms with Crippen molar-refractivity contribution in [1.82, 2.24) is 5.32 Å². The summed E-state index contributed by atoms with van der Waals surface area (Å²) in [5, 5.41) is 5.01. The smallest absolute Gasteiger partial charge is 0.157 e. The molecule has 0 aliphatic carbocycles. The molecule has 0 amide bonds. The van der Waals surface area contributed by atoms with Crippen LogP contribution in [0.2, 0.25) is 0 Å². The van der Waals surface area contributed by atoms with Crippen molar-refractivity contribution >= 4 is 16.9 Å². The number of ether oxygens (including phenoxy) is 1. The molecule has 3 nitrogen and oxygen atoms in total. The number of hydrogen-bond acceptors (Lipinski definition) is 4. The van der Waals surface area contributed by atoms with Crippen LogP contribution in [0.3, 0.4) is 0 Å². The Morgan fingerprint density at radius 2 is 2.21 bits per heavy atom. The van der Waals surface area contributed by atoms with Gasteiger partial charge in [-0.05, 0) is 24.8 Å². The zero-order chi connectivity index (χ0) is 12.9. The van der Waals surface area contributed by atoms with Gasteiger partial charge in [0.25, 0.3) is 0 Å². The van der Waals surface area contributed by atoms with Gasteiger partial charge in [-0.3, -0.25) is 4.99 Å². The summed E-state index contributed by atoms with van der Waals surface area (Å²) in [5.41, 5.74) is 1.37. The highest BCUT2D eigenvalue weighted by atomic mass is 32.2. The third-order valence-corrected chi connectivity index (χ3v) is 4.79. The van der Waals surface area contributed by atoms with Gasteiger partial charge in [0, 0.05) is 13.2 Å². The van der Waals surface area contributed by atoms with Crippen LogP contribution in [0.1, 0.15) is 30.1 Å². The van der Waals surface area contributed by atoms with E-state index in [1.54, 1.807) is 0 Å². The minimum atomic E-state index is 0.462. The van der Waals surface area contributed by atoms with Crippen molar-refractivity contribution < 1.29 is 4.74 Å². The fraction of sp³-hybridized carbons (Fsp3) is 0.533. The Balaban J connectivity index is 1.41. The van der Waals surface area contributed by atoms with Gasteiger partial charge >= 0.3 is 0 Å². The normalized spacial score (nSPS) is 26.4. The SMILES string of the molecule is c1ccc(C2CN=C(NCCC3CCCO3)S2)cc1. The molecule has 0 bridgehead atoms. The van der Waals surface area contributed by atoms with Crippen LogP contribution in [0.25, 0.3) is 0 Å². The molecule has 1 aromatic carbocycles. The standard InChI is InChI=1S/C15H20N2OS/c1-2-5-12(6-3-1)14-11-17-15(19-14)16-9-8-13-7-4-10-18-13/h1-3,5-6,13-14H,4,7-11H2,(H,16,17). The van der Waals surface area contributed by atoms with Crippen LogP contribution in [0.5, 0.6) is 0 Å². The minimum absolute atomic E-state index is 0.462. The van der Waals surface area contributed by atoms with Gasteiger partial charge in [0.2, 0.25) is 0 Å². The second kappa shape index (κ2) is 6.44. The summed E-state index contributed by atoms with van der Waals surface area (Å²) in [6.07, 6.45) is 3.99. The minimum Gasteiger partial charge on any atom is -0.378 e. The highest BCUT2D eigenvalue weighted by Gasteiger charge is 2.21. The molecule has 1 aromatic rings. The predicted molar refractivity (Wildman–Crippen MR) is 80.7 cm³/mol. The van der Waals surface area contributed by atoms with E-state index in [1.807, 2.05) is 11.8 Å². The lowest BCUT2D eigenvalue weighted by molar-refractivity contribution is 0.105. The molecule has 19 heavy (non-hydrogen) atoms. The van der Waals surface area contributed by atoms with Gasteiger partial charge in [-0.25, -0.2) is 0 Å². The van der Waals surface area contributed by atoms with Crippen LogP contribution in [0.4, 0.5) is 0 Å². The zero-order valence-electron chi connectivity index (χ0n) is 11.0. The molecule has 2 unspecified atom stereocenters. The van der Waals surface area contributed by atoms with Crippen molar-refractivity contribution in [2.45, 2.75) is 30.6 Å². The van der Waals surface area contributed by atoms with Crippen LogP contribution >= 0.6 is 11.8 Å². The average Bonchev–Trinajstić information content (AvgIpc) is 3.11. The number of nitrogens with one attached hydrogen (secondary N) is 1. The van der Waals surface area contributed by atoms with Crippen molar-refractivity contribution in [3.63, 3.8) is 0 Å². The third kappa shape index (κ3) is 3.51. The molecule has 2 atom stereocenters. The van der Waals surface area contributed by atoms with Crippen molar-refractivity contribution in [2.24, 2.45) is 4.99 Å². The number of amidine groups is 1. The molecule has 2 heterocycles. The second-order valence-electron chi connectivity index (χ2n) is 5.01. The summed E-state index contributed by atoms with van der Waals surface area (Å²) in [6.45, 7) is 2.80. The van der Waals surface area contributed by atoms with E-state index in [-0.39, 0.29) is 0 Å². The van der Waals surface area contributed by atoms with Crippen LogP contribution in [0.15, 0.2) is 35.3 Å². The molecule has 4 heteroatoms. The number of nitrogens with zero attached hydrogens (tertiary/aromatic N) is 1. The summed E-state index contributed by atoms with van der Waals surface area (Å²) in [4.78, 5) is 4.59. The monoisotopic (exact) mass is 276 g/mol. The highest BCUT2D eigenvalue weighted by Crippen LogP contribution is 2.34. The molecule has 3 rings (SSSR count). The Kier molecular flexibility index (Phi) is 4.41. The first-order valence-electron chi connectivity index (χ1n) is 7.03. The summed E-state index contributed by atoms with van der Waals surface area (Å²) in [5.74, 6) is 0. The Labute approximate surface area is 118 Å². The maximum absolute atomic E-state index is 5.62. The van der Waals surface area contributed by atoms with E-state index in [4.69, 9.17) is 4.74 Å². The lowest BCUT2D eigenvalue weighted by atomic mass is 10.1. The molecule has 2 aliphatic heterocycles. The molecule has 0 saturated carbocycles. The first kappa shape index (κ1) is 13.0. The molecule has 0 spiro atoms. The van der Waals surface area contributed by atoms with Crippen LogP contribution < -0.4 is 5.32 Å². The summed E-state index contributed by atoms with van der Waals surface area (Å²) in [7, 11) is 0. The molecule has 2 aliphatic rings. The average molecular weight is 276 g/mol. The summed E-state index contributed by atoms with van der Waals surface area (Å²) in [6, 6.07) is 10.6. The van der Waals surface area contributed by atoms with Crippen molar-refractivity contribution in [3.05, 3.63) is 35.9 Å². The van der Waals surface area contributed by atoms with Gasteiger partial charge in [0.15, 0.2) is 5.17 Å². The van der Waals surface area contributed by atoms with Gasteiger partial charge < -0.3 is 10.1 Å². The quantitative estimate of drug-likeness (QED) is 0.918. The maximum atomic E-state index is 5.62. The molecule has 0 radical (unpaired) electrons. The fourth-order valence-corrected chi connectivity index (χ4v) is 3.57. The zero-order valence-corrected chi connectivity index (χ0v) is 11.9. The van der Waals surface area contributed by atoms with E-state index in [0.29, 0.717) is 11.4 Å². The van der Waals surface area contributed by atoms with Gasteiger partial charge in [0.1, 0.15) is 0 Å². The number of thioether (sulfide) groups is 1. The van der Waals surface area contributed by atoms with Crippen molar-refractivity contribution in [2.75, 3.05) is 19.7 Å². The number of aliphatic imine (C=N–C) groups is 1. The second-order valence-corrected chi connectivity index (χ2v) is 6.20. The molecule has 1 fully saturated rings.